The summed E-state index contributed by atoms with van der Waals surface area (Å²) in [5, 5.41) is 0.295. The maximum absolute atomic E-state index is 12.6. The number of hydrogen-bond donors (Lipinski definition) is 2. The van der Waals surface area contributed by atoms with Crippen LogP contribution >= 0.6 is 23.4 Å². The molecule has 0 aromatic heterocycles. The van der Waals surface area contributed by atoms with Crippen molar-refractivity contribution in [3.8, 4) is 5.75 Å². The standard InChI is InChI=1S/C20H20ClN3O4S/c1-12-3-6-14(7-4-12)29-11-18(25)23-22-16-10-19(26)24(20(16)27)13-5-8-17(28-2)15(21)9-13/h3-9,16,22H,10-11H2,1-2H3,(H,23,25)/t16-/m1/s1. The fourth-order valence-electron chi connectivity index (χ4n) is 2.80. The van der Waals surface area contributed by atoms with Crippen molar-refractivity contribution in [2.24, 2.45) is 0 Å². The van der Waals surface area contributed by atoms with E-state index < -0.39 is 11.9 Å². The maximum Gasteiger partial charge on any atom is 0.253 e. The Morgan fingerprint density at radius 1 is 1.24 bits per heavy atom. The second-order valence-corrected chi connectivity index (χ2v) is 7.89. The Balaban J connectivity index is 1.55. The van der Waals surface area contributed by atoms with Crippen molar-refractivity contribution in [1.29, 1.82) is 0 Å². The first-order valence-electron chi connectivity index (χ1n) is 8.83. The van der Waals surface area contributed by atoms with E-state index in [1.807, 2.05) is 31.2 Å². The molecular weight excluding hydrogens is 414 g/mol. The molecule has 0 spiro atoms. The Bertz CT molecular complexity index is 936. The average molecular weight is 434 g/mol. The first-order chi connectivity index (χ1) is 13.9. The van der Waals surface area contributed by atoms with Crippen molar-refractivity contribution < 1.29 is 19.1 Å². The SMILES string of the molecule is COc1ccc(N2C(=O)C[C@@H](NNC(=O)CSc3ccc(C)cc3)C2=O)cc1Cl. The number of nitrogens with one attached hydrogen (secondary N) is 2. The molecule has 1 aliphatic rings. The summed E-state index contributed by atoms with van der Waals surface area (Å²) >= 11 is 7.47. The van der Waals surface area contributed by atoms with Gasteiger partial charge >= 0.3 is 0 Å². The van der Waals surface area contributed by atoms with Gasteiger partial charge in [0.25, 0.3) is 5.91 Å². The maximum atomic E-state index is 12.6. The molecule has 0 aliphatic carbocycles. The minimum absolute atomic E-state index is 0.0616. The molecule has 3 rings (SSSR count). The molecule has 1 fully saturated rings. The number of amides is 3. The van der Waals surface area contributed by atoms with E-state index in [1.165, 1.54) is 24.9 Å². The summed E-state index contributed by atoms with van der Waals surface area (Å²) in [5.74, 6) is -0.494. The summed E-state index contributed by atoms with van der Waals surface area (Å²) < 4.78 is 5.08. The normalized spacial score (nSPS) is 16.2. The Morgan fingerprint density at radius 2 is 1.97 bits per heavy atom. The van der Waals surface area contributed by atoms with Gasteiger partial charge in [-0.25, -0.2) is 10.3 Å². The molecule has 3 amide bonds. The third kappa shape index (κ3) is 5.09. The summed E-state index contributed by atoms with van der Waals surface area (Å²) in [6, 6.07) is 11.7. The van der Waals surface area contributed by atoms with Crippen LogP contribution in [0.15, 0.2) is 47.4 Å². The molecule has 1 aliphatic heterocycles. The number of carbonyl (C=O) groups is 3. The van der Waals surface area contributed by atoms with Gasteiger partial charge < -0.3 is 4.74 Å². The number of methoxy groups -OCH3 is 1. The van der Waals surface area contributed by atoms with Crippen molar-refractivity contribution in [2.75, 3.05) is 17.8 Å². The molecule has 152 valence electrons. The van der Waals surface area contributed by atoms with Gasteiger partial charge in [0.05, 0.1) is 30.0 Å². The highest BCUT2D eigenvalue weighted by molar-refractivity contribution is 8.00. The van der Waals surface area contributed by atoms with E-state index in [9.17, 15) is 14.4 Å². The zero-order valence-electron chi connectivity index (χ0n) is 15.9. The van der Waals surface area contributed by atoms with Crippen LogP contribution in [0.4, 0.5) is 5.69 Å². The van der Waals surface area contributed by atoms with E-state index in [1.54, 1.807) is 12.1 Å². The lowest BCUT2D eigenvalue weighted by Gasteiger charge is -2.17. The lowest BCUT2D eigenvalue weighted by molar-refractivity contribution is -0.122. The first kappa shape index (κ1) is 21.2. The minimum atomic E-state index is -0.836. The van der Waals surface area contributed by atoms with E-state index in [4.69, 9.17) is 16.3 Å². The van der Waals surface area contributed by atoms with Crippen molar-refractivity contribution in [1.82, 2.24) is 10.9 Å². The number of rotatable bonds is 7. The van der Waals surface area contributed by atoms with Crippen LogP contribution in [-0.2, 0) is 14.4 Å². The fraction of sp³-hybridized carbons (Fsp3) is 0.250. The number of anilines is 1. The summed E-state index contributed by atoms with van der Waals surface area (Å²) in [6.07, 6.45) is -0.0616. The van der Waals surface area contributed by atoms with E-state index in [2.05, 4.69) is 10.9 Å². The number of carbonyl (C=O) groups excluding carboxylic acids is 3. The number of halogens is 1. The summed E-state index contributed by atoms with van der Waals surface area (Å²) in [7, 11) is 1.48. The van der Waals surface area contributed by atoms with Gasteiger partial charge in [0.1, 0.15) is 11.8 Å². The topological polar surface area (TPSA) is 87.7 Å². The molecule has 2 aromatic carbocycles. The fourth-order valence-corrected chi connectivity index (χ4v) is 3.75. The third-order valence-corrected chi connectivity index (χ3v) is 5.62. The van der Waals surface area contributed by atoms with E-state index in [0.717, 1.165) is 15.4 Å². The molecule has 2 N–H and O–H groups in total. The second kappa shape index (κ2) is 9.30. The van der Waals surface area contributed by atoms with Gasteiger partial charge in [0, 0.05) is 4.90 Å². The largest absolute Gasteiger partial charge is 0.495 e. The lowest BCUT2D eigenvalue weighted by atomic mass is 10.2. The lowest BCUT2D eigenvalue weighted by Crippen LogP contribution is -2.48. The zero-order valence-corrected chi connectivity index (χ0v) is 17.5. The molecule has 7 nitrogen and oxygen atoms in total. The quantitative estimate of drug-likeness (QED) is 0.396. The highest BCUT2D eigenvalue weighted by atomic mass is 35.5. The Kier molecular flexibility index (Phi) is 6.79. The van der Waals surface area contributed by atoms with Crippen LogP contribution in [0.1, 0.15) is 12.0 Å². The summed E-state index contributed by atoms with van der Waals surface area (Å²) in [5.41, 5.74) is 6.67. The predicted octanol–water partition coefficient (Wildman–Crippen LogP) is 2.70. The number of thioether (sulfide) groups is 1. The molecule has 1 saturated heterocycles. The van der Waals surface area contributed by atoms with Gasteiger partial charge in [0.15, 0.2) is 0 Å². The van der Waals surface area contributed by atoms with Crippen LogP contribution < -0.4 is 20.5 Å². The number of hydrazine groups is 1. The monoisotopic (exact) mass is 433 g/mol. The van der Waals surface area contributed by atoms with E-state index in [-0.39, 0.29) is 24.0 Å². The Hall–Kier alpha value is -2.55. The number of hydrogen-bond acceptors (Lipinski definition) is 6. The van der Waals surface area contributed by atoms with Crippen molar-refractivity contribution in [3.05, 3.63) is 53.1 Å². The second-order valence-electron chi connectivity index (χ2n) is 6.44. The van der Waals surface area contributed by atoms with Crippen LogP contribution in [0.5, 0.6) is 5.75 Å². The van der Waals surface area contributed by atoms with Gasteiger partial charge in [-0.05, 0) is 37.3 Å². The number of nitrogens with zero attached hydrogens (tertiary/aromatic N) is 1. The summed E-state index contributed by atoms with van der Waals surface area (Å²) in [4.78, 5) is 39.0. The molecule has 0 radical (unpaired) electrons. The third-order valence-electron chi connectivity index (χ3n) is 4.32. The van der Waals surface area contributed by atoms with E-state index in [0.29, 0.717) is 16.5 Å². The first-order valence-corrected chi connectivity index (χ1v) is 10.2. The molecule has 0 unspecified atom stereocenters. The molecule has 29 heavy (non-hydrogen) atoms. The Labute approximate surface area is 177 Å². The highest BCUT2D eigenvalue weighted by Gasteiger charge is 2.39. The van der Waals surface area contributed by atoms with Gasteiger partial charge in [-0.1, -0.05) is 29.3 Å². The molecule has 1 heterocycles. The van der Waals surface area contributed by atoms with Gasteiger partial charge in [0.2, 0.25) is 11.8 Å². The van der Waals surface area contributed by atoms with E-state index >= 15 is 0 Å². The number of ether oxygens (including phenoxy) is 1. The van der Waals surface area contributed by atoms with Crippen LogP contribution in [-0.4, -0.2) is 36.6 Å². The minimum Gasteiger partial charge on any atom is -0.495 e. The van der Waals surface area contributed by atoms with Gasteiger partial charge in [-0.2, -0.15) is 0 Å². The molecule has 2 aromatic rings. The van der Waals surface area contributed by atoms with Gasteiger partial charge in [-0.15, -0.1) is 11.8 Å². The number of imide groups is 1. The highest BCUT2D eigenvalue weighted by Crippen LogP contribution is 2.31. The Morgan fingerprint density at radius 3 is 2.62 bits per heavy atom. The van der Waals surface area contributed by atoms with Crippen LogP contribution in [0.3, 0.4) is 0 Å². The zero-order chi connectivity index (χ0) is 21.0. The molecule has 1 atom stereocenters. The van der Waals surface area contributed by atoms with Crippen molar-refractivity contribution >= 4 is 46.8 Å². The van der Waals surface area contributed by atoms with Gasteiger partial charge in [-0.3, -0.25) is 19.8 Å². The predicted molar refractivity (Wildman–Crippen MR) is 112 cm³/mol. The van der Waals surface area contributed by atoms with Crippen LogP contribution in [0.2, 0.25) is 5.02 Å². The number of benzene rings is 2. The smallest absolute Gasteiger partial charge is 0.253 e. The average Bonchev–Trinajstić information content (AvgIpc) is 2.99. The van der Waals surface area contributed by atoms with Crippen LogP contribution in [0.25, 0.3) is 0 Å². The molecule has 0 saturated carbocycles. The molecular formula is C20H20ClN3O4S. The summed E-state index contributed by atoms with van der Waals surface area (Å²) in [6.45, 7) is 1.99. The number of aryl methyl sites for hydroxylation is 1. The molecule has 0 bridgehead atoms. The van der Waals surface area contributed by atoms with Crippen molar-refractivity contribution in [2.45, 2.75) is 24.3 Å². The van der Waals surface area contributed by atoms with Crippen molar-refractivity contribution in [3.63, 3.8) is 0 Å². The molecule has 9 heteroatoms. The van der Waals surface area contributed by atoms with Crippen LogP contribution in [0, 0.1) is 6.92 Å².